The molecular weight excluding hydrogens is 266 g/mol. The smallest absolute Gasteiger partial charge is 0.303 e. The van der Waals surface area contributed by atoms with Crippen LogP contribution in [0, 0.1) is 0 Å². The molecule has 118 valence electrons. The van der Waals surface area contributed by atoms with Gasteiger partial charge in [-0.2, -0.15) is 0 Å². The third-order valence-electron chi connectivity index (χ3n) is 2.44. The topological polar surface area (TPSA) is 128 Å². The highest BCUT2D eigenvalue weighted by molar-refractivity contribution is 5.80. The van der Waals surface area contributed by atoms with E-state index in [4.69, 9.17) is 26.0 Å². The number of carboxylic acids is 1. The summed E-state index contributed by atoms with van der Waals surface area (Å²) in [6.45, 7) is 3.23. The average molecular weight is 291 g/mol. The Morgan fingerprint density at radius 1 is 0.900 bits per heavy atom. The minimum Gasteiger partial charge on any atom is -0.481 e. The van der Waals surface area contributed by atoms with Crippen molar-refractivity contribution in [1.29, 1.82) is 0 Å². The zero-order chi connectivity index (χ0) is 15.2. The van der Waals surface area contributed by atoms with Crippen LogP contribution in [0.2, 0.25) is 0 Å². The van der Waals surface area contributed by atoms with Crippen molar-refractivity contribution in [2.24, 2.45) is 11.5 Å². The molecule has 8 heteroatoms. The number of hydrogen-bond donors (Lipinski definition) is 3. The number of carbonyl (C=O) groups is 2. The number of ether oxygens (including phenoxy) is 2. The number of nitrogens with two attached hydrogens (primary N) is 2. The first kappa shape index (κ1) is 18.8. The molecule has 8 nitrogen and oxygen atoms in total. The zero-order valence-electron chi connectivity index (χ0n) is 11.8. The van der Waals surface area contributed by atoms with Gasteiger partial charge in [-0.1, -0.05) is 0 Å². The van der Waals surface area contributed by atoms with E-state index in [1.165, 1.54) is 4.90 Å². The number of amides is 1. The van der Waals surface area contributed by atoms with Gasteiger partial charge in [-0.05, 0) is 0 Å². The van der Waals surface area contributed by atoms with Crippen LogP contribution in [0.15, 0.2) is 0 Å². The number of rotatable bonds is 13. The Hall–Kier alpha value is -1.22. The molecule has 0 saturated heterocycles. The van der Waals surface area contributed by atoms with Crippen molar-refractivity contribution in [3.05, 3.63) is 0 Å². The molecule has 0 bridgehead atoms. The molecule has 0 atom stereocenters. The van der Waals surface area contributed by atoms with E-state index in [9.17, 15) is 9.59 Å². The number of carbonyl (C=O) groups excluding carboxylic acids is 1. The molecule has 20 heavy (non-hydrogen) atoms. The molecule has 0 aromatic carbocycles. The molecule has 0 aromatic heterocycles. The Balaban J connectivity index is 4.07. The van der Waals surface area contributed by atoms with Crippen molar-refractivity contribution in [3.63, 3.8) is 0 Å². The second kappa shape index (κ2) is 12.8. The summed E-state index contributed by atoms with van der Waals surface area (Å²) >= 11 is 0. The van der Waals surface area contributed by atoms with Crippen molar-refractivity contribution in [1.82, 2.24) is 4.90 Å². The molecule has 0 unspecified atom stereocenters. The van der Waals surface area contributed by atoms with Crippen molar-refractivity contribution in [2.75, 3.05) is 52.6 Å². The number of aliphatic carboxylic acids is 1. The number of carboxylic acid groups (broad SMARTS) is 1. The van der Waals surface area contributed by atoms with Crippen molar-refractivity contribution < 1.29 is 24.2 Å². The van der Waals surface area contributed by atoms with Crippen molar-refractivity contribution >= 4 is 11.9 Å². The molecule has 0 aliphatic heterocycles. The molecule has 0 radical (unpaired) electrons. The van der Waals surface area contributed by atoms with Gasteiger partial charge in [-0.3, -0.25) is 9.59 Å². The lowest BCUT2D eigenvalue weighted by Crippen LogP contribution is -2.37. The summed E-state index contributed by atoms with van der Waals surface area (Å²) in [6.07, 6.45) is -0.203. The fourth-order valence-electron chi connectivity index (χ4n) is 1.45. The quantitative estimate of drug-likeness (QED) is 0.357. The van der Waals surface area contributed by atoms with Gasteiger partial charge in [0.25, 0.3) is 0 Å². The standard InChI is InChI=1S/C12H25N3O5/c13-3-7-19-9-5-15(6-10-20-8-4-14)11(16)1-2-12(17)18/h1-10,13-14H2,(H,17,18). The highest BCUT2D eigenvalue weighted by Crippen LogP contribution is 1.99. The summed E-state index contributed by atoms with van der Waals surface area (Å²) in [7, 11) is 0. The van der Waals surface area contributed by atoms with Gasteiger partial charge >= 0.3 is 5.97 Å². The van der Waals surface area contributed by atoms with Gasteiger partial charge in [-0.15, -0.1) is 0 Å². The maximum atomic E-state index is 11.9. The Labute approximate surface area is 119 Å². The van der Waals surface area contributed by atoms with Crippen molar-refractivity contribution in [3.8, 4) is 0 Å². The van der Waals surface area contributed by atoms with Crippen LogP contribution in [-0.4, -0.2) is 74.5 Å². The summed E-state index contributed by atoms with van der Waals surface area (Å²) in [5, 5.41) is 8.59. The van der Waals surface area contributed by atoms with E-state index in [0.29, 0.717) is 52.6 Å². The first-order chi connectivity index (χ1) is 9.61. The fourth-order valence-corrected chi connectivity index (χ4v) is 1.45. The highest BCUT2D eigenvalue weighted by Gasteiger charge is 2.14. The van der Waals surface area contributed by atoms with Crippen LogP contribution in [0.4, 0.5) is 0 Å². The van der Waals surface area contributed by atoms with E-state index < -0.39 is 5.97 Å². The van der Waals surface area contributed by atoms with Gasteiger partial charge in [0.2, 0.25) is 5.91 Å². The molecule has 0 fully saturated rings. The minimum absolute atomic E-state index is 0.0247. The van der Waals surface area contributed by atoms with E-state index in [1.54, 1.807) is 0 Å². The number of hydrogen-bond acceptors (Lipinski definition) is 6. The molecule has 0 aliphatic carbocycles. The lowest BCUT2D eigenvalue weighted by Gasteiger charge is -2.22. The zero-order valence-corrected chi connectivity index (χ0v) is 11.8. The third kappa shape index (κ3) is 10.7. The molecule has 0 spiro atoms. The minimum atomic E-state index is -0.989. The van der Waals surface area contributed by atoms with Crippen LogP contribution >= 0.6 is 0 Å². The average Bonchev–Trinajstić information content (AvgIpc) is 2.43. The van der Waals surface area contributed by atoms with Gasteiger partial charge in [-0.25, -0.2) is 0 Å². The lowest BCUT2D eigenvalue weighted by atomic mass is 10.2. The number of nitrogens with zero attached hydrogens (tertiary/aromatic N) is 1. The fraction of sp³-hybridized carbons (Fsp3) is 0.833. The first-order valence-electron chi connectivity index (χ1n) is 6.67. The van der Waals surface area contributed by atoms with Crippen LogP contribution in [-0.2, 0) is 19.1 Å². The van der Waals surface area contributed by atoms with Gasteiger partial charge in [0.15, 0.2) is 0 Å². The van der Waals surface area contributed by atoms with Crippen LogP contribution in [0.1, 0.15) is 12.8 Å². The lowest BCUT2D eigenvalue weighted by molar-refractivity contribution is -0.141. The Bertz CT molecular complexity index is 264. The largest absolute Gasteiger partial charge is 0.481 e. The maximum absolute atomic E-state index is 11.9. The normalized spacial score (nSPS) is 10.5. The predicted molar refractivity (Wildman–Crippen MR) is 73.2 cm³/mol. The summed E-state index contributed by atoms with van der Waals surface area (Å²) in [6, 6.07) is 0. The molecule has 0 rings (SSSR count). The molecule has 5 N–H and O–H groups in total. The van der Waals surface area contributed by atoms with E-state index in [2.05, 4.69) is 0 Å². The summed E-state index contributed by atoms with van der Waals surface area (Å²) < 4.78 is 10.4. The second-order valence-corrected chi connectivity index (χ2v) is 4.08. The summed E-state index contributed by atoms with van der Waals surface area (Å²) in [4.78, 5) is 23.9. The van der Waals surface area contributed by atoms with Gasteiger partial charge in [0.05, 0.1) is 32.8 Å². The van der Waals surface area contributed by atoms with Crippen molar-refractivity contribution in [2.45, 2.75) is 12.8 Å². The monoisotopic (exact) mass is 291 g/mol. The molecule has 0 aromatic rings. The molecule has 0 saturated carbocycles. The maximum Gasteiger partial charge on any atom is 0.303 e. The van der Waals surface area contributed by atoms with Gasteiger partial charge < -0.3 is 30.9 Å². The Morgan fingerprint density at radius 2 is 1.40 bits per heavy atom. The highest BCUT2D eigenvalue weighted by atomic mass is 16.5. The third-order valence-corrected chi connectivity index (χ3v) is 2.44. The van der Waals surface area contributed by atoms with Gasteiger partial charge in [0.1, 0.15) is 0 Å². The summed E-state index contributed by atoms with van der Waals surface area (Å²) in [5.74, 6) is -1.21. The molecular formula is C12H25N3O5. The molecule has 1 amide bonds. The van der Waals surface area contributed by atoms with Crippen LogP contribution in [0.25, 0.3) is 0 Å². The molecule has 0 heterocycles. The van der Waals surface area contributed by atoms with E-state index in [1.807, 2.05) is 0 Å². The Kier molecular flexibility index (Phi) is 12.0. The Morgan fingerprint density at radius 3 is 1.80 bits per heavy atom. The van der Waals surface area contributed by atoms with Gasteiger partial charge in [0, 0.05) is 32.6 Å². The van der Waals surface area contributed by atoms with Crippen LogP contribution in [0.3, 0.4) is 0 Å². The van der Waals surface area contributed by atoms with Crippen LogP contribution in [0.5, 0.6) is 0 Å². The first-order valence-corrected chi connectivity index (χ1v) is 6.67. The van der Waals surface area contributed by atoms with E-state index in [-0.39, 0.29) is 18.7 Å². The predicted octanol–water partition coefficient (Wildman–Crippen LogP) is -1.37. The van der Waals surface area contributed by atoms with Crippen LogP contribution < -0.4 is 11.5 Å². The second-order valence-electron chi connectivity index (χ2n) is 4.08. The summed E-state index contributed by atoms with van der Waals surface area (Å²) in [5.41, 5.74) is 10.6. The molecule has 0 aliphatic rings. The van der Waals surface area contributed by atoms with E-state index in [0.717, 1.165) is 0 Å². The SMILES string of the molecule is NCCOCCN(CCOCCN)C(=O)CCC(=O)O. The van der Waals surface area contributed by atoms with E-state index >= 15 is 0 Å².